The largest absolute Gasteiger partial charge is 0.433 e. The van der Waals surface area contributed by atoms with E-state index in [4.69, 9.17) is 0 Å². The van der Waals surface area contributed by atoms with Gasteiger partial charge >= 0.3 is 6.18 Å². The molecule has 0 spiro atoms. The van der Waals surface area contributed by atoms with Crippen molar-refractivity contribution in [2.45, 2.75) is 38.4 Å². The molecule has 6 nitrogen and oxygen atoms in total. The number of carbonyl (C=O) groups excluding carboxylic acids is 1. The lowest BCUT2D eigenvalue weighted by Crippen LogP contribution is -2.44. The fourth-order valence-corrected chi connectivity index (χ4v) is 3.96. The molecule has 0 aromatic carbocycles. The van der Waals surface area contributed by atoms with Crippen LogP contribution in [0.3, 0.4) is 0 Å². The first-order valence-corrected chi connectivity index (χ1v) is 9.32. The summed E-state index contributed by atoms with van der Waals surface area (Å²) in [6.07, 6.45) is -0.255. The summed E-state index contributed by atoms with van der Waals surface area (Å²) in [6, 6.07) is 0.565. The van der Waals surface area contributed by atoms with Gasteiger partial charge in [0, 0.05) is 39.2 Å². The SMILES string of the molecule is CN1CC(CN2CCC(Cn3cnc(C(F)(F)F)cc3=O)CC2)CCC1=O. The van der Waals surface area contributed by atoms with Gasteiger partial charge in [0.15, 0.2) is 5.69 Å². The van der Waals surface area contributed by atoms with E-state index in [9.17, 15) is 22.8 Å². The highest BCUT2D eigenvalue weighted by Crippen LogP contribution is 2.26. The predicted octanol–water partition coefficient (Wildman–Crippen LogP) is 1.84. The third-order valence-corrected chi connectivity index (χ3v) is 5.57. The second-order valence-electron chi connectivity index (χ2n) is 7.69. The summed E-state index contributed by atoms with van der Waals surface area (Å²) in [6.45, 7) is 3.97. The van der Waals surface area contributed by atoms with Gasteiger partial charge in [0.25, 0.3) is 5.56 Å². The van der Waals surface area contributed by atoms with E-state index in [2.05, 4.69) is 9.88 Å². The van der Waals surface area contributed by atoms with Crippen molar-refractivity contribution in [2.24, 2.45) is 11.8 Å². The number of nitrogens with zero attached hydrogens (tertiary/aromatic N) is 4. The second-order valence-corrected chi connectivity index (χ2v) is 7.69. The Balaban J connectivity index is 1.48. The van der Waals surface area contributed by atoms with Crippen LogP contribution in [0.1, 0.15) is 31.4 Å². The minimum atomic E-state index is -4.60. The number of rotatable bonds is 4. The number of alkyl halides is 3. The summed E-state index contributed by atoms with van der Waals surface area (Å²) in [5.74, 6) is 0.958. The zero-order valence-electron chi connectivity index (χ0n) is 15.4. The van der Waals surface area contributed by atoms with Crippen LogP contribution in [0.25, 0.3) is 0 Å². The Morgan fingerprint density at radius 1 is 1.11 bits per heavy atom. The van der Waals surface area contributed by atoms with Crippen molar-refractivity contribution in [3.05, 3.63) is 28.4 Å². The molecule has 1 atom stereocenters. The maximum Gasteiger partial charge on any atom is 0.433 e. The minimum absolute atomic E-state index is 0.209. The van der Waals surface area contributed by atoms with Gasteiger partial charge in [-0.15, -0.1) is 0 Å². The number of hydrogen-bond acceptors (Lipinski definition) is 4. The molecule has 1 aromatic rings. The Labute approximate surface area is 156 Å². The van der Waals surface area contributed by atoms with Crippen LogP contribution in [0.5, 0.6) is 0 Å². The second kappa shape index (κ2) is 8.00. The maximum absolute atomic E-state index is 12.6. The van der Waals surface area contributed by atoms with E-state index >= 15 is 0 Å². The highest BCUT2D eigenvalue weighted by atomic mass is 19.4. The lowest BCUT2D eigenvalue weighted by molar-refractivity contribution is -0.141. The summed E-state index contributed by atoms with van der Waals surface area (Å²) >= 11 is 0. The van der Waals surface area contributed by atoms with Gasteiger partial charge < -0.3 is 9.80 Å². The van der Waals surface area contributed by atoms with Gasteiger partial charge in [-0.1, -0.05) is 0 Å². The summed E-state index contributed by atoms with van der Waals surface area (Å²) in [7, 11) is 1.84. The third kappa shape index (κ3) is 5.09. The first-order chi connectivity index (χ1) is 12.7. The number of piperidine rings is 2. The van der Waals surface area contributed by atoms with Gasteiger partial charge in [-0.05, 0) is 44.2 Å². The zero-order valence-corrected chi connectivity index (χ0v) is 15.4. The Kier molecular flexibility index (Phi) is 5.88. The van der Waals surface area contributed by atoms with Crippen LogP contribution in [0.15, 0.2) is 17.2 Å². The van der Waals surface area contributed by atoms with Crippen LogP contribution in [0, 0.1) is 11.8 Å². The van der Waals surface area contributed by atoms with Crippen LogP contribution < -0.4 is 5.56 Å². The maximum atomic E-state index is 12.6. The first-order valence-electron chi connectivity index (χ1n) is 9.32. The Morgan fingerprint density at radius 3 is 2.41 bits per heavy atom. The molecule has 2 fully saturated rings. The van der Waals surface area contributed by atoms with E-state index in [0.29, 0.717) is 24.9 Å². The topological polar surface area (TPSA) is 58.4 Å². The van der Waals surface area contributed by atoms with Crippen LogP contribution in [0.2, 0.25) is 0 Å². The molecule has 9 heteroatoms. The lowest BCUT2D eigenvalue weighted by Gasteiger charge is -2.37. The van der Waals surface area contributed by atoms with Crippen LogP contribution in [-0.2, 0) is 17.5 Å². The van der Waals surface area contributed by atoms with Gasteiger partial charge in [0.2, 0.25) is 5.91 Å². The fourth-order valence-electron chi connectivity index (χ4n) is 3.96. The highest BCUT2D eigenvalue weighted by molar-refractivity contribution is 5.76. The van der Waals surface area contributed by atoms with E-state index in [1.165, 1.54) is 4.57 Å². The standard InChI is InChI=1S/C18H25F3N4O2/c1-23-9-14(2-3-16(23)26)10-24-6-4-13(5-7-24)11-25-12-22-15(8-17(25)27)18(19,20)21/h8,12-14H,2-7,9-11H2,1H3. The number of amides is 1. The van der Waals surface area contributed by atoms with Crippen molar-refractivity contribution in [1.29, 1.82) is 0 Å². The van der Waals surface area contributed by atoms with Crippen molar-refractivity contribution < 1.29 is 18.0 Å². The molecule has 1 aromatic heterocycles. The molecule has 2 saturated heterocycles. The molecule has 0 bridgehead atoms. The molecule has 0 saturated carbocycles. The average Bonchev–Trinajstić information content (AvgIpc) is 2.61. The van der Waals surface area contributed by atoms with Gasteiger partial charge in [-0.25, -0.2) is 4.98 Å². The number of halogens is 3. The quantitative estimate of drug-likeness (QED) is 0.793. The molecular formula is C18H25F3N4O2. The molecule has 0 radical (unpaired) electrons. The van der Waals surface area contributed by atoms with Crippen LogP contribution in [0.4, 0.5) is 13.2 Å². The molecule has 3 heterocycles. The van der Waals surface area contributed by atoms with E-state index < -0.39 is 17.4 Å². The molecule has 1 unspecified atom stereocenters. The molecule has 0 aliphatic carbocycles. The molecule has 27 heavy (non-hydrogen) atoms. The fraction of sp³-hybridized carbons (Fsp3) is 0.722. The van der Waals surface area contributed by atoms with Gasteiger partial charge in [0.1, 0.15) is 0 Å². The smallest absolute Gasteiger partial charge is 0.345 e. The van der Waals surface area contributed by atoms with Crippen LogP contribution in [-0.4, -0.2) is 58.5 Å². The van der Waals surface area contributed by atoms with E-state index in [1.807, 2.05) is 7.05 Å². The summed E-state index contributed by atoms with van der Waals surface area (Å²) in [4.78, 5) is 31.1. The third-order valence-electron chi connectivity index (χ3n) is 5.57. The van der Waals surface area contributed by atoms with Crippen molar-refractivity contribution >= 4 is 5.91 Å². The van der Waals surface area contributed by atoms with E-state index in [1.54, 1.807) is 4.90 Å². The number of aromatic nitrogens is 2. The summed E-state index contributed by atoms with van der Waals surface area (Å²) in [5, 5.41) is 0. The number of hydrogen-bond donors (Lipinski definition) is 0. The van der Waals surface area contributed by atoms with Gasteiger partial charge in [0.05, 0.1) is 6.33 Å². The monoisotopic (exact) mass is 386 g/mol. The molecular weight excluding hydrogens is 361 g/mol. The number of likely N-dealkylation sites (tertiary alicyclic amines) is 2. The predicted molar refractivity (Wildman–Crippen MR) is 93.0 cm³/mol. The molecule has 1 amide bonds. The lowest BCUT2D eigenvalue weighted by atomic mass is 9.93. The van der Waals surface area contributed by atoms with Gasteiger partial charge in [-0.2, -0.15) is 13.2 Å². The van der Waals surface area contributed by atoms with Gasteiger partial charge in [-0.3, -0.25) is 14.2 Å². The Bertz CT molecular complexity index is 726. The highest BCUT2D eigenvalue weighted by Gasteiger charge is 2.33. The minimum Gasteiger partial charge on any atom is -0.345 e. The Morgan fingerprint density at radius 2 is 1.81 bits per heavy atom. The molecule has 0 N–H and O–H groups in total. The van der Waals surface area contributed by atoms with E-state index in [0.717, 1.165) is 51.8 Å². The first kappa shape index (κ1) is 19.9. The summed E-state index contributed by atoms with van der Waals surface area (Å²) in [5.41, 5.74) is -1.80. The Hall–Kier alpha value is -1.90. The van der Waals surface area contributed by atoms with Crippen molar-refractivity contribution in [1.82, 2.24) is 19.4 Å². The summed E-state index contributed by atoms with van der Waals surface area (Å²) < 4.78 is 39.1. The van der Waals surface area contributed by atoms with Crippen molar-refractivity contribution in [3.63, 3.8) is 0 Å². The number of carbonyl (C=O) groups is 1. The van der Waals surface area contributed by atoms with Crippen molar-refractivity contribution in [3.8, 4) is 0 Å². The van der Waals surface area contributed by atoms with Crippen LogP contribution >= 0.6 is 0 Å². The molecule has 3 rings (SSSR count). The molecule has 150 valence electrons. The zero-order chi connectivity index (χ0) is 19.6. The normalized spacial score (nSPS) is 23.0. The molecule has 2 aliphatic heterocycles. The van der Waals surface area contributed by atoms with E-state index in [-0.39, 0.29) is 11.8 Å². The molecule has 2 aliphatic rings. The van der Waals surface area contributed by atoms with Crippen molar-refractivity contribution in [2.75, 3.05) is 33.2 Å². The average molecular weight is 386 g/mol.